The number of amides is 1. The molecule has 0 radical (unpaired) electrons. The standard InChI is InChI=1S/C15H21N5OS/c1-12-18-13(10-22-12)9-19-7-3-5-15(11-19,14(21)16-2)20-8-4-6-17-20/h4,6,8,10H,3,5,7,9,11H2,1-2H3,(H,16,21). The lowest BCUT2D eigenvalue weighted by Crippen LogP contribution is -2.57. The maximum atomic E-state index is 12.6. The average Bonchev–Trinajstić information content (AvgIpc) is 3.18. The van der Waals surface area contributed by atoms with Crippen molar-refractivity contribution in [3.05, 3.63) is 34.5 Å². The molecule has 0 bridgehead atoms. The van der Waals surface area contributed by atoms with Crippen LogP contribution in [0.5, 0.6) is 0 Å². The molecule has 1 N–H and O–H groups in total. The maximum Gasteiger partial charge on any atom is 0.249 e. The number of rotatable bonds is 4. The topological polar surface area (TPSA) is 63.1 Å². The Morgan fingerprint density at radius 1 is 1.55 bits per heavy atom. The predicted octanol–water partition coefficient (Wildman–Crippen LogP) is 1.39. The molecule has 22 heavy (non-hydrogen) atoms. The van der Waals surface area contributed by atoms with Gasteiger partial charge >= 0.3 is 0 Å². The lowest BCUT2D eigenvalue weighted by Gasteiger charge is -2.41. The van der Waals surface area contributed by atoms with Gasteiger partial charge < -0.3 is 5.32 Å². The van der Waals surface area contributed by atoms with Crippen molar-refractivity contribution >= 4 is 17.2 Å². The molecule has 1 amide bonds. The normalized spacial score (nSPS) is 22.6. The van der Waals surface area contributed by atoms with Crippen molar-refractivity contribution in [2.24, 2.45) is 0 Å². The van der Waals surface area contributed by atoms with Crippen LogP contribution in [0.1, 0.15) is 23.5 Å². The third kappa shape index (κ3) is 2.78. The highest BCUT2D eigenvalue weighted by Gasteiger charge is 2.44. The third-order valence-electron chi connectivity index (χ3n) is 4.19. The molecule has 0 saturated carbocycles. The number of hydrogen-bond donors (Lipinski definition) is 1. The Hall–Kier alpha value is -1.73. The number of hydrogen-bond acceptors (Lipinski definition) is 5. The monoisotopic (exact) mass is 319 g/mol. The van der Waals surface area contributed by atoms with Crippen LogP contribution in [0, 0.1) is 6.92 Å². The first-order valence-electron chi connectivity index (χ1n) is 7.50. The molecule has 1 aliphatic rings. The second-order valence-electron chi connectivity index (χ2n) is 5.73. The van der Waals surface area contributed by atoms with Gasteiger partial charge in [0, 0.05) is 37.9 Å². The Bertz CT molecular complexity index is 638. The molecule has 1 saturated heterocycles. The minimum atomic E-state index is -0.623. The summed E-state index contributed by atoms with van der Waals surface area (Å²) in [5.41, 5.74) is 0.456. The number of carbonyl (C=O) groups is 1. The highest BCUT2D eigenvalue weighted by molar-refractivity contribution is 7.09. The number of nitrogens with zero attached hydrogens (tertiary/aromatic N) is 4. The number of aromatic nitrogens is 3. The second kappa shape index (κ2) is 6.18. The molecule has 6 nitrogen and oxygen atoms in total. The number of piperidine rings is 1. The van der Waals surface area contributed by atoms with Gasteiger partial charge in [0.1, 0.15) is 0 Å². The molecule has 7 heteroatoms. The SMILES string of the molecule is CNC(=O)C1(n2cccn2)CCCN(Cc2csc(C)n2)C1. The number of thiazole rings is 1. The molecule has 118 valence electrons. The van der Waals surface area contributed by atoms with Crippen molar-refractivity contribution in [1.29, 1.82) is 0 Å². The predicted molar refractivity (Wildman–Crippen MR) is 85.6 cm³/mol. The smallest absolute Gasteiger partial charge is 0.249 e. The van der Waals surface area contributed by atoms with Crippen molar-refractivity contribution in [3.8, 4) is 0 Å². The summed E-state index contributed by atoms with van der Waals surface area (Å²) in [6.45, 7) is 4.44. The van der Waals surface area contributed by atoms with Gasteiger partial charge in [-0.15, -0.1) is 11.3 Å². The van der Waals surface area contributed by atoms with Gasteiger partial charge in [0.15, 0.2) is 5.54 Å². The number of likely N-dealkylation sites (tertiary alicyclic amines) is 1. The molecular weight excluding hydrogens is 298 g/mol. The first kappa shape index (κ1) is 15.2. The van der Waals surface area contributed by atoms with E-state index in [-0.39, 0.29) is 5.91 Å². The summed E-state index contributed by atoms with van der Waals surface area (Å²) >= 11 is 1.67. The molecule has 2 aromatic rings. The lowest BCUT2D eigenvalue weighted by atomic mass is 9.88. The van der Waals surface area contributed by atoms with Gasteiger partial charge in [0.05, 0.1) is 10.7 Å². The fraction of sp³-hybridized carbons (Fsp3) is 0.533. The van der Waals surface area contributed by atoms with Gasteiger partial charge in [-0.25, -0.2) is 4.98 Å². The molecule has 0 spiro atoms. The van der Waals surface area contributed by atoms with Gasteiger partial charge in [-0.2, -0.15) is 5.10 Å². The zero-order valence-corrected chi connectivity index (χ0v) is 13.8. The van der Waals surface area contributed by atoms with E-state index in [1.54, 1.807) is 24.6 Å². The first-order valence-corrected chi connectivity index (χ1v) is 8.38. The van der Waals surface area contributed by atoms with E-state index in [1.165, 1.54) is 0 Å². The fourth-order valence-electron chi connectivity index (χ4n) is 3.20. The summed E-state index contributed by atoms with van der Waals surface area (Å²) in [4.78, 5) is 19.4. The fourth-order valence-corrected chi connectivity index (χ4v) is 3.80. The minimum Gasteiger partial charge on any atom is -0.357 e. The highest BCUT2D eigenvalue weighted by atomic mass is 32.1. The zero-order valence-electron chi connectivity index (χ0n) is 13.0. The van der Waals surface area contributed by atoms with Gasteiger partial charge in [0.2, 0.25) is 5.91 Å². The molecule has 1 atom stereocenters. The number of carbonyl (C=O) groups excluding carboxylic acids is 1. The molecular formula is C15H21N5OS. The van der Waals surface area contributed by atoms with E-state index >= 15 is 0 Å². The van der Waals surface area contributed by atoms with Crippen molar-refractivity contribution in [1.82, 2.24) is 25.0 Å². The largest absolute Gasteiger partial charge is 0.357 e. The Balaban J connectivity index is 1.83. The van der Waals surface area contributed by atoms with Crippen LogP contribution in [0.3, 0.4) is 0 Å². The second-order valence-corrected chi connectivity index (χ2v) is 6.80. The van der Waals surface area contributed by atoms with Crippen LogP contribution in [-0.2, 0) is 16.9 Å². The van der Waals surface area contributed by atoms with Crippen molar-refractivity contribution in [3.63, 3.8) is 0 Å². The van der Waals surface area contributed by atoms with Gasteiger partial charge in [-0.05, 0) is 32.4 Å². The molecule has 3 heterocycles. The molecule has 2 aromatic heterocycles. The van der Waals surface area contributed by atoms with E-state index < -0.39 is 5.54 Å². The van der Waals surface area contributed by atoms with Crippen LogP contribution < -0.4 is 5.32 Å². The summed E-state index contributed by atoms with van der Waals surface area (Å²) in [6, 6.07) is 1.87. The lowest BCUT2D eigenvalue weighted by molar-refractivity contribution is -0.133. The summed E-state index contributed by atoms with van der Waals surface area (Å²) in [6.07, 6.45) is 5.39. The number of aryl methyl sites for hydroxylation is 1. The first-order chi connectivity index (χ1) is 10.6. The van der Waals surface area contributed by atoms with Crippen LogP contribution >= 0.6 is 11.3 Å². The average molecular weight is 319 g/mol. The van der Waals surface area contributed by atoms with E-state index in [1.807, 2.05) is 23.9 Å². The van der Waals surface area contributed by atoms with Crippen LogP contribution in [0.2, 0.25) is 0 Å². The van der Waals surface area contributed by atoms with Gasteiger partial charge in [-0.1, -0.05) is 0 Å². The summed E-state index contributed by atoms with van der Waals surface area (Å²) in [7, 11) is 1.69. The van der Waals surface area contributed by atoms with E-state index in [0.29, 0.717) is 6.54 Å². The van der Waals surface area contributed by atoms with E-state index in [2.05, 4.69) is 25.7 Å². The van der Waals surface area contributed by atoms with Crippen LogP contribution in [-0.4, -0.2) is 45.7 Å². The van der Waals surface area contributed by atoms with Crippen LogP contribution in [0.4, 0.5) is 0 Å². The van der Waals surface area contributed by atoms with E-state index in [0.717, 1.165) is 36.6 Å². The molecule has 0 aromatic carbocycles. The molecule has 3 rings (SSSR count). The Morgan fingerprint density at radius 3 is 3.05 bits per heavy atom. The van der Waals surface area contributed by atoms with Crippen LogP contribution in [0.15, 0.2) is 23.8 Å². The molecule has 1 fully saturated rings. The maximum absolute atomic E-state index is 12.6. The highest BCUT2D eigenvalue weighted by Crippen LogP contribution is 2.29. The minimum absolute atomic E-state index is 0.0235. The number of likely N-dealkylation sites (N-methyl/N-ethyl adjacent to an activating group) is 1. The van der Waals surface area contributed by atoms with E-state index in [9.17, 15) is 4.79 Å². The van der Waals surface area contributed by atoms with Gasteiger partial charge in [-0.3, -0.25) is 14.4 Å². The van der Waals surface area contributed by atoms with E-state index in [4.69, 9.17) is 0 Å². The number of nitrogens with one attached hydrogen (secondary N) is 1. The summed E-state index contributed by atoms with van der Waals surface area (Å²) < 4.78 is 1.81. The molecule has 1 aliphatic heterocycles. The quantitative estimate of drug-likeness (QED) is 0.925. The molecule has 1 unspecified atom stereocenters. The van der Waals surface area contributed by atoms with Crippen molar-refractivity contribution < 1.29 is 4.79 Å². The van der Waals surface area contributed by atoms with Gasteiger partial charge in [0.25, 0.3) is 0 Å². The van der Waals surface area contributed by atoms with Crippen molar-refractivity contribution in [2.45, 2.75) is 31.8 Å². The van der Waals surface area contributed by atoms with Crippen LogP contribution in [0.25, 0.3) is 0 Å². The van der Waals surface area contributed by atoms with Crippen molar-refractivity contribution in [2.75, 3.05) is 20.1 Å². The Morgan fingerprint density at radius 2 is 2.41 bits per heavy atom. The third-order valence-corrected chi connectivity index (χ3v) is 5.02. The summed E-state index contributed by atoms with van der Waals surface area (Å²) in [5, 5.41) is 10.3. The Kier molecular flexibility index (Phi) is 4.26. The molecule has 0 aliphatic carbocycles. The zero-order chi connectivity index (χ0) is 15.6. The summed E-state index contributed by atoms with van der Waals surface area (Å²) in [5.74, 6) is 0.0235. The Labute approximate surface area is 134 Å².